The predicted molar refractivity (Wildman–Crippen MR) is 115 cm³/mol. The lowest BCUT2D eigenvalue weighted by Crippen LogP contribution is -2.47. The molecule has 1 aromatic carbocycles. The number of sulfonamides is 1. The zero-order chi connectivity index (χ0) is 20.6. The molecule has 7 nitrogen and oxygen atoms in total. The van der Waals surface area contributed by atoms with E-state index < -0.39 is 10.0 Å². The highest BCUT2D eigenvalue weighted by molar-refractivity contribution is 7.88. The summed E-state index contributed by atoms with van der Waals surface area (Å²) in [5.41, 5.74) is 1.46. The van der Waals surface area contributed by atoms with E-state index in [4.69, 9.17) is 4.98 Å². The van der Waals surface area contributed by atoms with Crippen molar-refractivity contribution in [2.75, 3.05) is 30.8 Å². The Labute approximate surface area is 172 Å². The van der Waals surface area contributed by atoms with E-state index in [2.05, 4.69) is 10.2 Å². The van der Waals surface area contributed by atoms with Gasteiger partial charge >= 0.3 is 0 Å². The first-order valence-electron chi connectivity index (χ1n) is 10.3. The Balaban J connectivity index is 1.57. The van der Waals surface area contributed by atoms with E-state index >= 15 is 0 Å². The fourth-order valence-corrected chi connectivity index (χ4v) is 5.37. The molecule has 0 atom stereocenters. The van der Waals surface area contributed by atoms with Crippen molar-refractivity contribution in [2.45, 2.75) is 44.7 Å². The van der Waals surface area contributed by atoms with E-state index in [-0.39, 0.29) is 11.9 Å². The Hall–Kier alpha value is -2.19. The number of fused-ring (bicyclic) bond motifs is 1. The zero-order valence-electron chi connectivity index (χ0n) is 17.0. The van der Waals surface area contributed by atoms with Crippen molar-refractivity contribution < 1.29 is 13.2 Å². The summed E-state index contributed by atoms with van der Waals surface area (Å²) in [7, 11) is -3.20. The Kier molecular flexibility index (Phi) is 5.48. The van der Waals surface area contributed by atoms with E-state index in [1.165, 1.54) is 6.26 Å². The molecule has 1 aliphatic heterocycles. The van der Waals surface area contributed by atoms with Gasteiger partial charge in [0, 0.05) is 37.1 Å². The van der Waals surface area contributed by atoms with Crippen LogP contribution in [0.15, 0.2) is 30.3 Å². The van der Waals surface area contributed by atoms with Crippen LogP contribution >= 0.6 is 0 Å². The molecule has 1 aliphatic carbocycles. The quantitative estimate of drug-likeness (QED) is 0.782. The van der Waals surface area contributed by atoms with Crippen LogP contribution in [0.4, 0.5) is 5.82 Å². The second kappa shape index (κ2) is 7.91. The van der Waals surface area contributed by atoms with Crippen molar-refractivity contribution in [2.24, 2.45) is 0 Å². The van der Waals surface area contributed by atoms with E-state index in [1.54, 1.807) is 4.31 Å². The van der Waals surface area contributed by atoms with Crippen LogP contribution in [0.3, 0.4) is 0 Å². The molecular formula is C21H28N4O3S. The summed E-state index contributed by atoms with van der Waals surface area (Å²) in [5, 5.41) is 3.94. The maximum Gasteiger partial charge on any atom is 0.252 e. The smallest absolute Gasteiger partial charge is 0.252 e. The molecule has 1 saturated carbocycles. The van der Waals surface area contributed by atoms with Crippen molar-refractivity contribution in [3.63, 3.8) is 0 Å². The highest BCUT2D eigenvalue weighted by Crippen LogP contribution is 2.28. The molecule has 0 spiro atoms. The summed E-state index contributed by atoms with van der Waals surface area (Å²) in [5.74, 6) is 0.738. The Morgan fingerprint density at radius 1 is 1.21 bits per heavy atom. The topological polar surface area (TPSA) is 82.6 Å². The van der Waals surface area contributed by atoms with E-state index in [9.17, 15) is 13.2 Å². The molecule has 2 heterocycles. The maximum atomic E-state index is 12.8. The molecule has 8 heteroatoms. The van der Waals surface area contributed by atoms with Gasteiger partial charge in [0.15, 0.2) is 0 Å². The first-order valence-corrected chi connectivity index (χ1v) is 12.1. The van der Waals surface area contributed by atoms with Crippen molar-refractivity contribution in [3.8, 4) is 0 Å². The number of hydrogen-bond donors (Lipinski definition) is 1. The van der Waals surface area contributed by atoms with E-state index in [0.717, 1.165) is 42.4 Å². The standard InChI is InChI=1S/C21H28N4O3S/c1-3-25(29(2,27)28)16-10-12-24(13-11-16)20-14-18(21(26)22-15-8-9-15)17-6-4-5-7-19(17)23-20/h4-7,14-16H,3,8-13H2,1-2H3,(H,22,26). The van der Waals surface area contributed by atoms with Crippen molar-refractivity contribution in [1.82, 2.24) is 14.6 Å². The molecular weight excluding hydrogens is 388 g/mol. The minimum Gasteiger partial charge on any atom is -0.356 e. The molecule has 1 amide bonds. The molecule has 0 radical (unpaired) electrons. The number of carbonyl (C=O) groups excluding carboxylic acids is 1. The van der Waals surface area contributed by atoms with Crippen LogP contribution < -0.4 is 10.2 Å². The Morgan fingerprint density at radius 3 is 2.52 bits per heavy atom. The molecule has 1 N–H and O–H groups in total. The summed E-state index contributed by atoms with van der Waals surface area (Å²) in [4.78, 5) is 19.8. The molecule has 2 aromatic rings. The van der Waals surface area contributed by atoms with Gasteiger partial charge in [0.05, 0.1) is 17.3 Å². The molecule has 29 heavy (non-hydrogen) atoms. The number of benzene rings is 1. The second-order valence-electron chi connectivity index (χ2n) is 7.98. The highest BCUT2D eigenvalue weighted by atomic mass is 32.2. The summed E-state index contributed by atoms with van der Waals surface area (Å²) in [6.45, 7) is 3.80. The molecule has 1 saturated heterocycles. The minimum absolute atomic E-state index is 0.0179. The van der Waals surface area contributed by atoms with Gasteiger partial charge in [0.1, 0.15) is 5.82 Å². The molecule has 2 fully saturated rings. The van der Waals surface area contributed by atoms with Gasteiger partial charge in [-0.2, -0.15) is 4.31 Å². The third-order valence-corrected chi connectivity index (χ3v) is 7.20. The normalized spacial score (nSPS) is 18.4. The summed E-state index contributed by atoms with van der Waals surface area (Å²) >= 11 is 0. The fraction of sp³-hybridized carbons (Fsp3) is 0.524. The number of hydrogen-bond acceptors (Lipinski definition) is 5. The van der Waals surface area contributed by atoms with Crippen LogP contribution in [0.25, 0.3) is 10.9 Å². The number of pyridine rings is 1. The van der Waals surface area contributed by atoms with Gasteiger partial charge < -0.3 is 10.2 Å². The first kappa shape index (κ1) is 20.1. The summed E-state index contributed by atoms with van der Waals surface area (Å²) in [6, 6.07) is 9.92. The predicted octanol–water partition coefficient (Wildman–Crippen LogP) is 2.38. The number of amides is 1. The molecule has 156 valence electrons. The third kappa shape index (κ3) is 4.38. The largest absolute Gasteiger partial charge is 0.356 e. The molecule has 4 rings (SSSR count). The Bertz CT molecular complexity index is 1010. The van der Waals surface area contributed by atoms with Crippen molar-refractivity contribution in [1.29, 1.82) is 0 Å². The first-order chi connectivity index (χ1) is 13.9. The fourth-order valence-electron chi connectivity index (χ4n) is 4.15. The minimum atomic E-state index is -3.20. The Morgan fingerprint density at radius 2 is 1.90 bits per heavy atom. The highest BCUT2D eigenvalue weighted by Gasteiger charge is 2.30. The van der Waals surface area contributed by atoms with Crippen LogP contribution in [0.5, 0.6) is 0 Å². The average Bonchev–Trinajstić information content (AvgIpc) is 3.51. The number of para-hydroxylation sites is 1. The lowest BCUT2D eigenvalue weighted by Gasteiger charge is -2.37. The van der Waals surface area contributed by atoms with Crippen LogP contribution in [0, 0.1) is 0 Å². The van der Waals surface area contributed by atoms with Gasteiger partial charge in [0.2, 0.25) is 10.0 Å². The van der Waals surface area contributed by atoms with Crippen LogP contribution in [0.2, 0.25) is 0 Å². The number of nitrogens with zero attached hydrogens (tertiary/aromatic N) is 3. The van der Waals surface area contributed by atoms with Gasteiger partial charge in [-0.05, 0) is 37.8 Å². The maximum absolute atomic E-state index is 12.8. The average molecular weight is 417 g/mol. The monoisotopic (exact) mass is 416 g/mol. The molecule has 0 unspecified atom stereocenters. The van der Waals surface area contributed by atoms with E-state index in [0.29, 0.717) is 31.2 Å². The van der Waals surface area contributed by atoms with Gasteiger partial charge in [-0.15, -0.1) is 0 Å². The molecule has 0 bridgehead atoms. The number of piperidine rings is 1. The lowest BCUT2D eigenvalue weighted by atomic mass is 10.0. The van der Waals surface area contributed by atoms with Crippen LogP contribution in [-0.2, 0) is 10.0 Å². The third-order valence-electron chi connectivity index (χ3n) is 5.79. The van der Waals surface area contributed by atoms with Crippen LogP contribution in [0.1, 0.15) is 43.0 Å². The van der Waals surface area contributed by atoms with Crippen molar-refractivity contribution in [3.05, 3.63) is 35.9 Å². The van der Waals surface area contributed by atoms with Crippen molar-refractivity contribution >= 4 is 32.7 Å². The number of aromatic nitrogens is 1. The number of rotatable bonds is 6. The van der Waals surface area contributed by atoms with Gasteiger partial charge in [-0.1, -0.05) is 25.1 Å². The molecule has 2 aliphatic rings. The van der Waals surface area contributed by atoms with Gasteiger partial charge in [-0.25, -0.2) is 13.4 Å². The van der Waals surface area contributed by atoms with E-state index in [1.807, 2.05) is 37.3 Å². The van der Waals surface area contributed by atoms with Gasteiger partial charge in [0.25, 0.3) is 5.91 Å². The lowest BCUT2D eigenvalue weighted by molar-refractivity contribution is 0.0952. The number of anilines is 1. The molecule has 1 aromatic heterocycles. The van der Waals surface area contributed by atoms with Crippen LogP contribution in [-0.4, -0.2) is 61.6 Å². The summed E-state index contributed by atoms with van der Waals surface area (Å²) in [6.07, 6.45) is 4.86. The number of carbonyl (C=O) groups is 1. The van der Waals surface area contributed by atoms with Gasteiger partial charge in [-0.3, -0.25) is 4.79 Å². The zero-order valence-corrected chi connectivity index (χ0v) is 17.8. The second-order valence-corrected chi connectivity index (χ2v) is 9.91. The summed E-state index contributed by atoms with van der Waals surface area (Å²) < 4.78 is 25.6. The number of nitrogens with one attached hydrogen (secondary N) is 1. The SMILES string of the molecule is CCN(C1CCN(c2cc(C(=O)NC3CC3)c3ccccc3n2)CC1)S(C)(=O)=O.